The molecule has 10 nitrogen and oxygen atoms in total. The zero-order chi connectivity index (χ0) is 27.6. The van der Waals surface area contributed by atoms with Crippen molar-refractivity contribution >= 4 is 28.4 Å². The Kier molecular flexibility index (Phi) is 6.64. The Bertz CT molecular complexity index is 1710. The largest absolute Gasteiger partial charge is 0.457 e. The smallest absolute Gasteiger partial charge is 0.245 e. The first-order chi connectivity index (χ1) is 19.5. The summed E-state index contributed by atoms with van der Waals surface area (Å²) < 4.78 is 35.6. The molecule has 0 atom stereocenters. The van der Waals surface area contributed by atoms with E-state index in [-0.39, 0.29) is 23.3 Å². The van der Waals surface area contributed by atoms with Crippen molar-refractivity contribution in [2.24, 2.45) is 0 Å². The second kappa shape index (κ2) is 10.6. The van der Waals surface area contributed by atoms with E-state index in [4.69, 9.17) is 4.74 Å². The van der Waals surface area contributed by atoms with Crippen molar-refractivity contribution in [3.8, 4) is 17.3 Å². The number of H-pyrrole nitrogens is 1. The number of carbonyl (C=O) groups excluding carboxylic acids is 1. The maximum absolute atomic E-state index is 15.2. The number of ether oxygens (including phenoxy) is 1. The van der Waals surface area contributed by atoms with E-state index in [2.05, 4.69) is 36.9 Å². The molecule has 1 aromatic carbocycles. The van der Waals surface area contributed by atoms with E-state index in [1.165, 1.54) is 35.5 Å². The summed E-state index contributed by atoms with van der Waals surface area (Å²) in [6.07, 6.45) is 10.00. The summed E-state index contributed by atoms with van der Waals surface area (Å²) in [5.74, 6) is 0.579. The summed E-state index contributed by atoms with van der Waals surface area (Å²) in [6.45, 7) is 4.83. The van der Waals surface area contributed by atoms with Gasteiger partial charge in [0, 0.05) is 37.6 Å². The number of piperidine rings is 1. The van der Waals surface area contributed by atoms with Crippen molar-refractivity contribution in [3.05, 3.63) is 91.3 Å². The molecule has 0 unspecified atom stereocenters. The van der Waals surface area contributed by atoms with Crippen molar-refractivity contribution in [3.63, 3.8) is 0 Å². The number of aromatic nitrogens is 6. The zero-order valence-corrected chi connectivity index (χ0v) is 21.2. The molecule has 0 bridgehead atoms. The maximum Gasteiger partial charge on any atom is 0.245 e. The molecule has 1 fully saturated rings. The molecule has 202 valence electrons. The Morgan fingerprint density at radius 1 is 1.12 bits per heavy atom. The molecule has 2 N–H and O–H groups in total. The van der Waals surface area contributed by atoms with E-state index < -0.39 is 11.6 Å². The average Bonchev–Trinajstić information content (AvgIpc) is 3.61. The van der Waals surface area contributed by atoms with E-state index in [1.54, 1.807) is 29.2 Å². The number of hydrogen-bond donors (Lipinski definition) is 2. The number of rotatable bonds is 7. The number of benzene rings is 1. The van der Waals surface area contributed by atoms with Crippen LogP contribution in [0.2, 0.25) is 0 Å². The van der Waals surface area contributed by atoms with Crippen LogP contribution in [0, 0.1) is 11.6 Å². The fraction of sp³-hybridized carbons (Fsp3) is 0.179. The molecule has 0 saturated carbocycles. The van der Waals surface area contributed by atoms with Gasteiger partial charge in [0.1, 0.15) is 35.1 Å². The number of likely N-dealkylation sites (tertiary alicyclic amines) is 1. The summed E-state index contributed by atoms with van der Waals surface area (Å²) >= 11 is 0. The molecule has 1 amide bonds. The highest BCUT2D eigenvalue weighted by atomic mass is 19.1. The van der Waals surface area contributed by atoms with Gasteiger partial charge in [-0.05, 0) is 48.6 Å². The molecule has 1 saturated heterocycles. The Hall–Kier alpha value is -5.13. The standard InChI is InChI=1S/C28H24F2N8O2/c1-2-25(39)37-9-6-17(7-10-37)21-14-32-27-26(21)28(34-16-33-27)36-23-4-3-19(11-22(23)30)40-20-5-8-31-24(12-20)38-15-18(29)13-35-38/h2-5,8,11-17H,1,6-7,9-10H2,(H2,32,33,34,36). The SMILES string of the molecule is C=CC(=O)N1CCC(c2c[nH]c3ncnc(Nc4ccc(Oc5ccnc(-n6cc(F)cn6)c5)cc4F)c23)CC1. The van der Waals surface area contributed by atoms with Crippen LogP contribution in [0.1, 0.15) is 24.3 Å². The van der Waals surface area contributed by atoms with Gasteiger partial charge in [0.25, 0.3) is 0 Å². The van der Waals surface area contributed by atoms with Gasteiger partial charge in [-0.15, -0.1) is 0 Å². The topological polar surface area (TPSA) is 114 Å². The molecule has 0 spiro atoms. The Labute approximate surface area is 227 Å². The number of nitrogens with one attached hydrogen (secondary N) is 2. The summed E-state index contributed by atoms with van der Waals surface area (Å²) in [5, 5.41) is 7.78. The number of aromatic amines is 1. The molecule has 0 radical (unpaired) electrons. The minimum absolute atomic E-state index is 0.0661. The number of nitrogens with zero attached hydrogens (tertiary/aromatic N) is 6. The fourth-order valence-electron chi connectivity index (χ4n) is 4.88. The lowest BCUT2D eigenvalue weighted by Gasteiger charge is -2.31. The summed E-state index contributed by atoms with van der Waals surface area (Å²) in [4.78, 5) is 29.8. The van der Waals surface area contributed by atoms with Crippen molar-refractivity contribution in [2.75, 3.05) is 18.4 Å². The van der Waals surface area contributed by atoms with Crippen LogP contribution in [0.4, 0.5) is 20.3 Å². The Morgan fingerprint density at radius 3 is 2.70 bits per heavy atom. The predicted octanol–water partition coefficient (Wildman–Crippen LogP) is 5.24. The van der Waals surface area contributed by atoms with Crippen LogP contribution in [0.5, 0.6) is 11.5 Å². The molecule has 4 aromatic heterocycles. The van der Waals surface area contributed by atoms with E-state index in [0.717, 1.165) is 30.0 Å². The van der Waals surface area contributed by atoms with Gasteiger partial charge in [0.2, 0.25) is 5.91 Å². The first-order valence-electron chi connectivity index (χ1n) is 12.6. The minimum atomic E-state index is -0.541. The van der Waals surface area contributed by atoms with Gasteiger partial charge in [0.15, 0.2) is 11.6 Å². The molecule has 12 heteroatoms. The molecule has 5 heterocycles. The third kappa shape index (κ3) is 4.98. The molecular weight excluding hydrogens is 518 g/mol. The van der Waals surface area contributed by atoms with Crippen molar-refractivity contribution in [1.82, 2.24) is 34.6 Å². The zero-order valence-electron chi connectivity index (χ0n) is 21.2. The van der Waals surface area contributed by atoms with Gasteiger partial charge in [-0.25, -0.2) is 28.4 Å². The average molecular weight is 543 g/mol. The highest BCUT2D eigenvalue weighted by Gasteiger charge is 2.26. The summed E-state index contributed by atoms with van der Waals surface area (Å²) in [7, 11) is 0. The normalized spacial score (nSPS) is 13.9. The highest BCUT2D eigenvalue weighted by molar-refractivity contribution is 5.92. The van der Waals surface area contributed by atoms with Crippen molar-refractivity contribution in [2.45, 2.75) is 18.8 Å². The second-order valence-electron chi connectivity index (χ2n) is 9.32. The van der Waals surface area contributed by atoms with Crippen LogP contribution in [0.15, 0.2) is 74.1 Å². The lowest BCUT2D eigenvalue weighted by atomic mass is 9.89. The van der Waals surface area contributed by atoms with E-state index in [9.17, 15) is 9.18 Å². The van der Waals surface area contributed by atoms with Gasteiger partial charge in [-0.2, -0.15) is 5.10 Å². The van der Waals surface area contributed by atoms with E-state index in [1.807, 2.05) is 6.20 Å². The van der Waals surface area contributed by atoms with Gasteiger partial charge in [0.05, 0.1) is 23.5 Å². The number of amides is 1. The predicted molar refractivity (Wildman–Crippen MR) is 144 cm³/mol. The first kappa shape index (κ1) is 25.2. The second-order valence-corrected chi connectivity index (χ2v) is 9.32. The lowest BCUT2D eigenvalue weighted by Crippen LogP contribution is -2.36. The number of pyridine rings is 1. The Morgan fingerprint density at radius 2 is 1.95 bits per heavy atom. The van der Waals surface area contributed by atoms with Gasteiger partial charge in [-0.3, -0.25) is 4.79 Å². The molecule has 1 aliphatic rings. The van der Waals surface area contributed by atoms with Gasteiger partial charge < -0.3 is 19.9 Å². The summed E-state index contributed by atoms with van der Waals surface area (Å²) in [6, 6.07) is 7.63. The number of fused-ring (bicyclic) bond motifs is 1. The van der Waals surface area contributed by atoms with E-state index in [0.29, 0.717) is 36.1 Å². The van der Waals surface area contributed by atoms with Crippen LogP contribution < -0.4 is 10.1 Å². The van der Waals surface area contributed by atoms with Crippen LogP contribution in [0.3, 0.4) is 0 Å². The molecule has 6 rings (SSSR count). The molecule has 5 aromatic rings. The lowest BCUT2D eigenvalue weighted by molar-refractivity contribution is -0.127. The molecular formula is C28H24F2N8O2. The minimum Gasteiger partial charge on any atom is -0.457 e. The van der Waals surface area contributed by atoms with Crippen molar-refractivity contribution < 1.29 is 18.3 Å². The van der Waals surface area contributed by atoms with Gasteiger partial charge >= 0.3 is 0 Å². The highest BCUT2D eigenvalue weighted by Crippen LogP contribution is 2.37. The monoisotopic (exact) mass is 542 g/mol. The third-order valence-electron chi connectivity index (χ3n) is 6.85. The van der Waals surface area contributed by atoms with Crippen LogP contribution >= 0.6 is 0 Å². The number of hydrogen-bond acceptors (Lipinski definition) is 7. The Balaban J connectivity index is 1.21. The molecule has 40 heavy (non-hydrogen) atoms. The maximum atomic E-state index is 15.2. The van der Waals surface area contributed by atoms with Crippen LogP contribution in [-0.4, -0.2) is 53.6 Å². The van der Waals surface area contributed by atoms with Gasteiger partial charge in [-0.1, -0.05) is 6.58 Å². The first-order valence-corrected chi connectivity index (χ1v) is 12.6. The quantitative estimate of drug-likeness (QED) is 0.270. The summed E-state index contributed by atoms with van der Waals surface area (Å²) in [5.41, 5.74) is 1.88. The van der Waals surface area contributed by atoms with Crippen LogP contribution in [0.25, 0.3) is 16.9 Å². The third-order valence-corrected chi connectivity index (χ3v) is 6.85. The fourth-order valence-corrected chi connectivity index (χ4v) is 4.88. The van der Waals surface area contributed by atoms with Crippen molar-refractivity contribution in [1.29, 1.82) is 0 Å². The number of carbonyl (C=O) groups is 1. The molecule has 0 aliphatic carbocycles. The molecule has 1 aliphatic heterocycles. The van der Waals surface area contributed by atoms with Crippen LogP contribution in [-0.2, 0) is 4.79 Å². The number of halogens is 2. The number of anilines is 2. The van der Waals surface area contributed by atoms with E-state index >= 15 is 4.39 Å².